The molecular weight excluding hydrogens is 314 g/mol. The first-order chi connectivity index (χ1) is 12.1. The summed E-state index contributed by atoms with van der Waals surface area (Å²) in [5.74, 6) is 2.01. The molecule has 0 radical (unpaired) electrons. The molecule has 2 aromatic rings. The largest absolute Gasteiger partial charge is 0.341 e. The molecule has 1 saturated heterocycles. The van der Waals surface area contributed by atoms with Crippen molar-refractivity contribution >= 4 is 11.9 Å². The summed E-state index contributed by atoms with van der Waals surface area (Å²) in [6.07, 6.45) is 3.11. The molecule has 132 valence electrons. The molecule has 1 fully saturated rings. The number of carbonyl (C=O) groups is 1. The average molecular weight is 339 g/mol. The van der Waals surface area contributed by atoms with Crippen molar-refractivity contribution < 1.29 is 4.79 Å². The van der Waals surface area contributed by atoms with E-state index in [2.05, 4.69) is 33.7 Å². The summed E-state index contributed by atoms with van der Waals surface area (Å²) in [5, 5.41) is 0. The fraction of sp³-hybridized carbons (Fsp3) is 0.474. The van der Waals surface area contributed by atoms with E-state index in [0.29, 0.717) is 24.1 Å². The van der Waals surface area contributed by atoms with Crippen LogP contribution in [-0.2, 0) is 4.79 Å². The van der Waals surface area contributed by atoms with Crippen LogP contribution < -0.4 is 4.90 Å². The van der Waals surface area contributed by atoms with E-state index < -0.39 is 0 Å². The van der Waals surface area contributed by atoms with Crippen LogP contribution in [0, 0.1) is 5.92 Å². The molecule has 1 aromatic carbocycles. The number of rotatable bonds is 4. The monoisotopic (exact) mass is 339 g/mol. The number of nitrogens with zero attached hydrogens (tertiary/aromatic N) is 5. The first-order valence-corrected chi connectivity index (χ1v) is 8.90. The topological polar surface area (TPSA) is 62.2 Å². The highest BCUT2D eigenvalue weighted by Gasteiger charge is 2.21. The predicted octanol–water partition coefficient (Wildman–Crippen LogP) is 2.62. The first kappa shape index (κ1) is 17.3. The zero-order valence-electron chi connectivity index (χ0n) is 14.9. The van der Waals surface area contributed by atoms with E-state index in [1.165, 1.54) is 0 Å². The Morgan fingerprint density at radius 3 is 2.64 bits per heavy atom. The maximum atomic E-state index is 12.3. The zero-order valence-corrected chi connectivity index (χ0v) is 14.9. The highest BCUT2D eigenvalue weighted by molar-refractivity contribution is 5.76. The lowest BCUT2D eigenvalue weighted by atomic mass is 10.1. The molecule has 6 nitrogen and oxygen atoms in total. The number of hydrogen-bond acceptors (Lipinski definition) is 5. The minimum absolute atomic E-state index is 0.248. The van der Waals surface area contributed by atoms with Gasteiger partial charge >= 0.3 is 0 Å². The number of benzene rings is 1. The quantitative estimate of drug-likeness (QED) is 0.857. The molecule has 1 amide bonds. The molecule has 1 aromatic heterocycles. The summed E-state index contributed by atoms with van der Waals surface area (Å²) in [4.78, 5) is 29.7. The Kier molecular flexibility index (Phi) is 5.58. The van der Waals surface area contributed by atoms with Gasteiger partial charge in [0, 0.05) is 38.2 Å². The fourth-order valence-electron chi connectivity index (χ4n) is 3.01. The van der Waals surface area contributed by atoms with Crippen LogP contribution in [0.1, 0.15) is 26.7 Å². The van der Waals surface area contributed by atoms with E-state index in [0.717, 1.165) is 38.2 Å². The van der Waals surface area contributed by atoms with Crippen LogP contribution in [0.5, 0.6) is 0 Å². The average Bonchev–Trinajstić information content (AvgIpc) is 2.88. The van der Waals surface area contributed by atoms with Gasteiger partial charge in [0.05, 0.1) is 0 Å². The van der Waals surface area contributed by atoms with E-state index in [9.17, 15) is 4.79 Å². The van der Waals surface area contributed by atoms with Gasteiger partial charge in [0.25, 0.3) is 0 Å². The predicted molar refractivity (Wildman–Crippen MR) is 98.1 cm³/mol. The summed E-state index contributed by atoms with van der Waals surface area (Å²) in [7, 11) is 0. The lowest BCUT2D eigenvalue weighted by molar-refractivity contribution is -0.131. The highest BCUT2D eigenvalue weighted by atomic mass is 16.2. The summed E-state index contributed by atoms with van der Waals surface area (Å²) in [6, 6.07) is 9.91. The lowest BCUT2D eigenvalue weighted by Gasteiger charge is -2.22. The molecule has 0 unspecified atom stereocenters. The van der Waals surface area contributed by atoms with E-state index >= 15 is 0 Å². The fourth-order valence-corrected chi connectivity index (χ4v) is 3.01. The molecule has 0 saturated carbocycles. The van der Waals surface area contributed by atoms with Gasteiger partial charge in [0.15, 0.2) is 5.82 Å². The number of anilines is 1. The summed E-state index contributed by atoms with van der Waals surface area (Å²) < 4.78 is 0. The van der Waals surface area contributed by atoms with Crippen molar-refractivity contribution in [3.8, 4) is 11.4 Å². The van der Waals surface area contributed by atoms with Crippen molar-refractivity contribution in [3.63, 3.8) is 0 Å². The van der Waals surface area contributed by atoms with Crippen LogP contribution in [0.3, 0.4) is 0 Å². The third-order valence-electron chi connectivity index (χ3n) is 4.31. The van der Waals surface area contributed by atoms with Crippen LogP contribution in [-0.4, -0.2) is 51.9 Å². The van der Waals surface area contributed by atoms with Crippen molar-refractivity contribution in [2.24, 2.45) is 5.92 Å². The smallest absolute Gasteiger partial charge is 0.228 e. The molecule has 0 spiro atoms. The molecule has 0 atom stereocenters. The van der Waals surface area contributed by atoms with E-state index in [-0.39, 0.29) is 5.91 Å². The Labute approximate surface area is 148 Å². The van der Waals surface area contributed by atoms with Gasteiger partial charge in [0.2, 0.25) is 11.9 Å². The summed E-state index contributed by atoms with van der Waals surface area (Å²) in [5.41, 5.74) is 0.981. The van der Waals surface area contributed by atoms with Gasteiger partial charge in [-0.1, -0.05) is 44.2 Å². The minimum atomic E-state index is 0.248. The second-order valence-electron chi connectivity index (χ2n) is 6.79. The molecule has 25 heavy (non-hydrogen) atoms. The third kappa shape index (κ3) is 4.53. The lowest BCUT2D eigenvalue weighted by Crippen LogP contribution is -2.36. The molecule has 1 aliphatic rings. The van der Waals surface area contributed by atoms with E-state index in [4.69, 9.17) is 0 Å². The second kappa shape index (κ2) is 8.05. The molecule has 0 bridgehead atoms. The Bertz CT molecular complexity index is 704. The van der Waals surface area contributed by atoms with Crippen molar-refractivity contribution in [2.45, 2.75) is 26.7 Å². The van der Waals surface area contributed by atoms with Gasteiger partial charge in [0.1, 0.15) is 6.33 Å². The van der Waals surface area contributed by atoms with Gasteiger partial charge in [-0.3, -0.25) is 4.79 Å². The Morgan fingerprint density at radius 1 is 1.08 bits per heavy atom. The minimum Gasteiger partial charge on any atom is -0.341 e. The van der Waals surface area contributed by atoms with Gasteiger partial charge in [-0.05, 0) is 12.3 Å². The molecule has 0 aliphatic carbocycles. The molecule has 3 rings (SSSR count). The van der Waals surface area contributed by atoms with E-state index in [1.54, 1.807) is 6.33 Å². The van der Waals surface area contributed by atoms with Crippen molar-refractivity contribution in [1.29, 1.82) is 0 Å². The second-order valence-corrected chi connectivity index (χ2v) is 6.79. The van der Waals surface area contributed by atoms with Gasteiger partial charge in [-0.2, -0.15) is 4.98 Å². The standard InChI is InChI=1S/C19H25N5O/c1-15(2)13-17(25)23-9-6-10-24(12-11-23)19-21-14-20-18(22-19)16-7-4-3-5-8-16/h3-5,7-8,14-15H,6,9-13H2,1-2H3. The Balaban J connectivity index is 1.70. The third-order valence-corrected chi connectivity index (χ3v) is 4.31. The van der Waals surface area contributed by atoms with Gasteiger partial charge in [-0.25, -0.2) is 9.97 Å². The Morgan fingerprint density at radius 2 is 1.88 bits per heavy atom. The highest BCUT2D eigenvalue weighted by Crippen LogP contribution is 2.17. The maximum absolute atomic E-state index is 12.3. The molecule has 1 aliphatic heterocycles. The van der Waals surface area contributed by atoms with Gasteiger partial charge < -0.3 is 9.80 Å². The van der Waals surface area contributed by atoms with Crippen LogP contribution in [0.4, 0.5) is 5.95 Å². The molecule has 2 heterocycles. The maximum Gasteiger partial charge on any atom is 0.228 e. The van der Waals surface area contributed by atoms with E-state index in [1.807, 2.05) is 35.2 Å². The van der Waals surface area contributed by atoms with Crippen LogP contribution in [0.2, 0.25) is 0 Å². The number of carbonyl (C=O) groups excluding carboxylic acids is 1. The molecule has 6 heteroatoms. The number of aromatic nitrogens is 3. The van der Waals surface area contributed by atoms with Crippen LogP contribution >= 0.6 is 0 Å². The normalized spacial score (nSPS) is 15.3. The number of amides is 1. The first-order valence-electron chi connectivity index (χ1n) is 8.90. The SMILES string of the molecule is CC(C)CC(=O)N1CCCN(c2ncnc(-c3ccccc3)n2)CC1. The van der Waals surface area contributed by atoms with Crippen molar-refractivity contribution in [1.82, 2.24) is 19.9 Å². The van der Waals surface area contributed by atoms with Crippen LogP contribution in [0.25, 0.3) is 11.4 Å². The van der Waals surface area contributed by atoms with Crippen molar-refractivity contribution in [3.05, 3.63) is 36.7 Å². The van der Waals surface area contributed by atoms with Gasteiger partial charge in [-0.15, -0.1) is 0 Å². The number of hydrogen-bond donors (Lipinski definition) is 0. The summed E-state index contributed by atoms with van der Waals surface area (Å²) >= 11 is 0. The summed E-state index contributed by atoms with van der Waals surface area (Å²) in [6.45, 7) is 7.29. The van der Waals surface area contributed by atoms with Crippen LogP contribution in [0.15, 0.2) is 36.7 Å². The molecule has 0 N–H and O–H groups in total. The zero-order chi connectivity index (χ0) is 17.6. The van der Waals surface area contributed by atoms with Crippen molar-refractivity contribution in [2.75, 3.05) is 31.1 Å². The molecular formula is C19H25N5O. The Hall–Kier alpha value is -2.50.